The molecule has 0 aliphatic carbocycles. The van der Waals surface area contributed by atoms with Gasteiger partial charge in [-0.2, -0.15) is 4.98 Å². The highest BCUT2D eigenvalue weighted by atomic mass is 16.1. The van der Waals surface area contributed by atoms with Crippen molar-refractivity contribution in [2.75, 3.05) is 5.73 Å². The molecule has 0 amide bonds. The summed E-state index contributed by atoms with van der Waals surface area (Å²) in [6, 6.07) is 12.9. The van der Waals surface area contributed by atoms with Gasteiger partial charge in [-0.1, -0.05) is 30.3 Å². The fraction of sp³-hybridized carbons (Fsp3) is 0. The Labute approximate surface area is 96.5 Å². The van der Waals surface area contributed by atoms with Crippen molar-refractivity contribution in [3.8, 4) is 11.3 Å². The molecular formula is C12H10N4O. The molecule has 0 radical (unpaired) electrons. The predicted octanol–water partition coefficient (Wildman–Crippen LogP) is 1.27. The normalized spacial score (nSPS) is 10.8. The molecule has 0 unspecified atom stereocenters. The van der Waals surface area contributed by atoms with E-state index in [4.69, 9.17) is 5.73 Å². The van der Waals surface area contributed by atoms with E-state index in [1.54, 1.807) is 10.6 Å². The van der Waals surface area contributed by atoms with Crippen molar-refractivity contribution < 1.29 is 0 Å². The summed E-state index contributed by atoms with van der Waals surface area (Å²) in [5.74, 6) is 0.349. The van der Waals surface area contributed by atoms with Crippen molar-refractivity contribution in [1.82, 2.24) is 14.6 Å². The molecule has 2 heterocycles. The van der Waals surface area contributed by atoms with Crippen molar-refractivity contribution in [3.63, 3.8) is 0 Å². The number of nitrogens with two attached hydrogens (primary N) is 1. The minimum atomic E-state index is -0.332. The summed E-state index contributed by atoms with van der Waals surface area (Å²) in [5.41, 5.74) is 7.82. The molecule has 17 heavy (non-hydrogen) atoms. The first-order chi connectivity index (χ1) is 8.24. The minimum absolute atomic E-state index is 0.332. The lowest BCUT2D eigenvalue weighted by Gasteiger charge is -1.97. The Morgan fingerprint density at radius 1 is 1.18 bits per heavy atom. The molecule has 3 N–H and O–H groups in total. The van der Waals surface area contributed by atoms with Crippen LogP contribution in [-0.4, -0.2) is 14.6 Å². The zero-order valence-electron chi connectivity index (χ0n) is 8.92. The first-order valence-electron chi connectivity index (χ1n) is 5.18. The van der Waals surface area contributed by atoms with E-state index in [-0.39, 0.29) is 5.56 Å². The molecule has 1 aromatic carbocycles. The summed E-state index contributed by atoms with van der Waals surface area (Å²) in [5, 5.41) is 3.10. The Kier molecular flexibility index (Phi) is 1.98. The second kappa shape index (κ2) is 3.48. The second-order valence-electron chi connectivity index (χ2n) is 3.75. The number of nitrogens with zero attached hydrogens (tertiary/aromatic N) is 2. The van der Waals surface area contributed by atoms with Gasteiger partial charge < -0.3 is 5.73 Å². The van der Waals surface area contributed by atoms with E-state index in [1.165, 1.54) is 6.07 Å². The van der Waals surface area contributed by atoms with Gasteiger partial charge in [0.25, 0.3) is 5.56 Å². The van der Waals surface area contributed by atoms with Crippen LogP contribution < -0.4 is 11.3 Å². The lowest BCUT2D eigenvalue weighted by atomic mass is 10.2. The summed E-state index contributed by atoms with van der Waals surface area (Å²) in [6.07, 6.45) is 0. The average molecular weight is 226 g/mol. The van der Waals surface area contributed by atoms with Crippen molar-refractivity contribution >= 4 is 11.5 Å². The third-order valence-corrected chi connectivity index (χ3v) is 2.57. The number of fused-ring (bicyclic) bond motifs is 1. The number of hydrogen-bond acceptors (Lipinski definition) is 3. The predicted molar refractivity (Wildman–Crippen MR) is 65.7 cm³/mol. The highest BCUT2D eigenvalue weighted by molar-refractivity contribution is 5.64. The van der Waals surface area contributed by atoms with Gasteiger partial charge in [0.2, 0.25) is 0 Å². The summed E-state index contributed by atoms with van der Waals surface area (Å²) in [6.45, 7) is 0. The maximum Gasteiger partial charge on any atom is 0.275 e. The molecule has 2 aromatic heterocycles. The number of hydrogen-bond donors (Lipinski definition) is 2. The van der Waals surface area contributed by atoms with E-state index in [0.29, 0.717) is 11.5 Å². The zero-order valence-corrected chi connectivity index (χ0v) is 8.92. The van der Waals surface area contributed by atoms with Crippen LogP contribution in [0.2, 0.25) is 0 Å². The van der Waals surface area contributed by atoms with Gasteiger partial charge in [0.05, 0.1) is 5.69 Å². The Balaban J connectivity index is 2.27. The van der Waals surface area contributed by atoms with E-state index in [0.717, 1.165) is 11.3 Å². The first kappa shape index (κ1) is 9.65. The fourth-order valence-corrected chi connectivity index (χ4v) is 1.78. The lowest BCUT2D eigenvalue weighted by molar-refractivity contribution is 0.947. The van der Waals surface area contributed by atoms with Gasteiger partial charge in [-0.05, 0) is 5.56 Å². The van der Waals surface area contributed by atoms with E-state index >= 15 is 0 Å². The summed E-state index contributed by atoms with van der Waals surface area (Å²) in [7, 11) is 0. The largest absolute Gasteiger partial charge is 0.383 e. The minimum Gasteiger partial charge on any atom is -0.383 e. The number of benzene rings is 1. The van der Waals surface area contributed by atoms with Crippen molar-refractivity contribution in [3.05, 3.63) is 52.8 Å². The van der Waals surface area contributed by atoms with Crippen LogP contribution >= 0.6 is 0 Å². The molecule has 0 atom stereocenters. The molecule has 84 valence electrons. The third-order valence-electron chi connectivity index (χ3n) is 2.57. The highest BCUT2D eigenvalue weighted by Gasteiger charge is 2.05. The standard InChI is InChI=1S/C12H10N4O/c13-10-7-12(17)14-11-6-9(15-16(10)11)8-4-2-1-3-5-8/h1-7,15H,13H2. The number of nitrogen functional groups attached to an aromatic ring is 1. The lowest BCUT2D eigenvalue weighted by Crippen LogP contribution is -2.10. The molecule has 0 bridgehead atoms. The highest BCUT2D eigenvalue weighted by Crippen LogP contribution is 2.18. The molecule has 0 aliphatic heterocycles. The number of H-pyrrole nitrogens is 1. The Morgan fingerprint density at radius 2 is 1.94 bits per heavy atom. The number of nitrogens with one attached hydrogen (secondary N) is 1. The molecule has 0 spiro atoms. The zero-order chi connectivity index (χ0) is 11.8. The van der Waals surface area contributed by atoms with Crippen LogP contribution in [0.3, 0.4) is 0 Å². The van der Waals surface area contributed by atoms with Gasteiger partial charge in [0.1, 0.15) is 5.82 Å². The van der Waals surface area contributed by atoms with E-state index in [1.807, 2.05) is 30.3 Å². The van der Waals surface area contributed by atoms with Crippen LogP contribution in [-0.2, 0) is 0 Å². The van der Waals surface area contributed by atoms with Gasteiger partial charge in [0.15, 0.2) is 5.65 Å². The molecule has 0 saturated carbocycles. The van der Waals surface area contributed by atoms with Crippen molar-refractivity contribution in [2.24, 2.45) is 0 Å². The maximum atomic E-state index is 11.2. The van der Waals surface area contributed by atoms with Crippen molar-refractivity contribution in [1.29, 1.82) is 0 Å². The number of aromatic nitrogens is 3. The SMILES string of the molecule is Nc1cc(=O)nc2cc(-c3ccccc3)[nH]n12. The Morgan fingerprint density at radius 3 is 2.71 bits per heavy atom. The molecule has 0 aliphatic rings. The first-order valence-corrected chi connectivity index (χ1v) is 5.18. The fourth-order valence-electron chi connectivity index (χ4n) is 1.78. The van der Waals surface area contributed by atoms with Crippen LogP contribution in [0, 0.1) is 0 Å². The summed E-state index contributed by atoms with van der Waals surface area (Å²) in [4.78, 5) is 15.1. The number of aromatic amines is 1. The quantitative estimate of drug-likeness (QED) is 0.656. The van der Waals surface area contributed by atoms with Crippen LogP contribution in [0.15, 0.2) is 47.3 Å². The smallest absolute Gasteiger partial charge is 0.275 e. The molecule has 3 rings (SSSR count). The van der Waals surface area contributed by atoms with E-state index in [2.05, 4.69) is 10.1 Å². The van der Waals surface area contributed by atoms with Gasteiger partial charge in [-0.3, -0.25) is 9.89 Å². The number of anilines is 1. The Bertz CT molecular complexity index is 727. The summed E-state index contributed by atoms with van der Waals surface area (Å²) < 4.78 is 1.59. The Hall–Kier alpha value is -2.56. The molecule has 3 aromatic rings. The van der Waals surface area contributed by atoms with Gasteiger partial charge >= 0.3 is 0 Å². The molecule has 0 saturated heterocycles. The van der Waals surface area contributed by atoms with E-state index < -0.39 is 0 Å². The molecule has 0 fully saturated rings. The van der Waals surface area contributed by atoms with Crippen LogP contribution in [0.4, 0.5) is 5.82 Å². The molecular weight excluding hydrogens is 216 g/mol. The van der Waals surface area contributed by atoms with Gasteiger partial charge in [-0.15, -0.1) is 0 Å². The number of rotatable bonds is 1. The topological polar surface area (TPSA) is 76.2 Å². The third kappa shape index (κ3) is 1.57. The second-order valence-corrected chi connectivity index (χ2v) is 3.75. The molecule has 5 heteroatoms. The summed E-state index contributed by atoms with van der Waals surface area (Å²) >= 11 is 0. The van der Waals surface area contributed by atoms with Gasteiger partial charge in [-0.25, -0.2) is 4.52 Å². The maximum absolute atomic E-state index is 11.2. The van der Waals surface area contributed by atoms with Crippen molar-refractivity contribution in [2.45, 2.75) is 0 Å². The van der Waals surface area contributed by atoms with Crippen LogP contribution in [0.5, 0.6) is 0 Å². The van der Waals surface area contributed by atoms with Crippen LogP contribution in [0.1, 0.15) is 0 Å². The molecule has 5 nitrogen and oxygen atoms in total. The van der Waals surface area contributed by atoms with Crippen LogP contribution in [0.25, 0.3) is 16.9 Å². The average Bonchev–Trinajstić information content (AvgIpc) is 2.74. The van der Waals surface area contributed by atoms with E-state index in [9.17, 15) is 4.79 Å². The van der Waals surface area contributed by atoms with Gasteiger partial charge in [0, 0.05) is 12.1 Å². The monoisotopic (exact) mass is 226 g/mol.